The van der Waals surface area contributed by atoms with E-state index >= 15 is 0 Å². The summed E-state index contributed by atoms with van der Waals surface area (Å²) in [6.45, 7) is 0.304. The lowest BCUT2D eigenvalue weighted by atomic mass is 10.00. The molecule has 3 aromatic rings. The van der Waals surface area contributed by atoms with Crippen molar-refractivity contribution >= 4 is 23.1 Å². The molecular weight excluding hydrogens is 358 g/mol. The third kappa shape index (κ3) is 3.27. The quantitative estimate of drug-likeness (QED) is 0.723. The summed E-state index contributed by atoms with van der Waals surface area (Å²) in [6, 6.07) is 26.0. The zero-order valence-electron chi connectivity index (χ0n) is 14.5. The molecule has 1 amide bonds. The summed E-state index contributed by atoms with van der Waals surface area (Å²) in [5, 5.41) is 12.1. The summed E-state index contributed by atoms with van der Waals surface area (Å²) in [7, 11) is 0. The Morgan fingerprint density at radius 1 is 0.852 bits per heavy atom. The Morgan fingerprint density at radius 3 is 2.07 bits per heavy atom. The van der Waals surface area contributed by atoms with E-state index in [-0.39, 0.29) is 5.91 Å². The van der Waals surface area contributed by atoms with Gasteiger partial charge in [0.05, 0.1) is 0 Å². The number of carbonyl (C=O) groups excluding carboxylic acids is 1. The summed E-state index contributed by atoms with van der Waals surface area (Å²) >= 11 is 5.98. The Morgan fingerprint density at radius 2 is 1.44 bits per heavy atom. The van der Waals surface area contributed by atoms with Gasteiger partial charge in [-0.3, -0.25) is 9.69 Å². The lowest BCUT2D eigenvalue weighted by Crippen LogP contribution is -2.43. The third-order valence-electron chi connectivity index (χ3n) is 4.77. The minimum absolute atomic E-state index is 0.215. The largest absolute Gasteiger partial charge is 0.363 e. The Labute approximate surface area is 163 Å². The number of aliphatic hydroxyl groups is 1. The van der Waals surface area contributed by atoms with Crippen LogP contribution in [0.2, 0.25) is 5.02 Å². The van der Waals surface area contributed by atoms with Gasteiger partial charge in [-0.05, 0) is 29.3 Å². The Bertz CT molecular complexity index is 984. The Balaban J connectivity index is 1.80. The van der Waals surface area contributed by atoms with Gasteiger partial charge >= 0.3 is 0 Å². The molecule has 1 aliphatic heterocycles. The van der Waals surface area contributed by atoms with Crippen molar-refractivity contribution in [3.05, 3.63) is 113 Å². The molecule has 1 heterocycles. The number of amides is 1. The summed E-state index contributed by atoms with van der Waals surface area (Å²) in [5.74, 6) is -0.215. The summed E-state index contributed by atoms with van der Waals surface area (Å²) in [5.41, 5.74) is 1.29. The van der Waals surface area contributed by atoms with Crippen LogP contribution in [-0.4, -0.2) is 15.9 Å². The zero-order chi connectivity index (χ0) is 18.9. The van der Waals surface area contributed by atoms with Gasteiger partial charge in [-0.25, -0.2) is 0 Å². The van der Waals surface area contributed by atoms with Crippen LogP contribution in [0, 0.1) is 0 Å². The molecule has 1 aliphatic rings. The number of hydrogen-bond donors (Lipinski definition) is 1. The van der Waals surface area contributed by atoms with Crippen molar-refractivity contribution in [1.82, 2.24) is 4.90 Å². The van der Waals surface area contributed by atoms with Crippen molar-refractivity contribution < 1.29 is 9.90 Å². The number of nitrogens with zero attached hydrogens (tertiary/aromatic N) is 1. The standard InChI is InChI=1S/C23H18ClNO2/c24-20-13-11-18(12-14-20)21-15-23(27,19-9-5-2-6-10-19)25(22(21)26)16-17-7-3-1-4-8-17/h1-15,27H,16H2. The van der Waals surface area contributed by atoms with Crippen molar-refractivity contribution in [2.75, 3.05) is 0 Å². The first-order chi connectivity index (χ1) is 13.1. The fourth-order valence-corrected chi connectivity index (χ4v) is 3.48. The van der Waals surface area contributed by atoms with Crippen molar-refractivity contribution in [2.24, 2.45) is 0 Å². The van der Waals surface area contributed by atoms with Crippen LogP contribution in [0.4, 0.5) is 0 Å². The van der Waals surface area contributed by atoms with Gasteiger partial charge in [0.25, 0.3) is 5.91 Å². The van der Waals surface area contributed by atoms with E-state index in [1.807, 2.05) is 60.7 Å². The van der Waals surface area contributed by atoms with E-state index < -0.39 is 5.72 Å². The van der Waals surface area contributed by atoms with Crippen LogP contribution in [0.15, 0.2) is 91.0 Å². The van der Waals surface area contributed by atoms with Gasteiger partial charge in [0.2, 0.25) is 0 Å². The maximum absolute atomic E-state index is 13.2. The van der Waals surface area contributed by atoms with Crippen LogP contribution in [-0.2, 0) is 17.1 Å². The normalized spacial score (nSPS) is 19.3. The fourth-order valence-electron chi connectivity index (χ4n) is 3.36. The van der Waals surface area contributed by atoms with Crippen molar-refractivity contribution in [3.8, 4) is 0 Å². The minimum Gasteiger partial charge on any atom is -0.363 e. The predicted molar refractivity (Wildman–Crippen MR) is 107 cm³/mol. The topological polar surface area (TPSA) is 40.5 Å². The van der Waals surface area contributed by atoms with Crippen molar-refractivity contribution in [2.45, 2.75) is 12.3 Å². The minimum atomic E-state index is -1.51. The molecule has 0 aliphatic carbocycles. The van der Waals surface area contributed by atoms with E-state index in [1.165, 1.54) is 4.90 Å². The molecule has 1 unspecified atom stereocenters. The lowest BCUT2D eigenvalue weighted by Gasteiger charge is -2.33. The van der Waals surface area contributed by atoms with Crippen LogP contribution in [0.1, 0.15) is 16.7 Å². The summed E-state index contributed by atoms with van der Waals surface area (Å²) in [4.78, 5) is 14.8. The second kappa shape index (κ2) is 7.03. The number of rotatable bonds is 4. The van der Waals surface area contributed by atoms with Crippen LogP contribution >= 0.6 is 11.6 Å². The van der Waals surface area contributed by atoms with Crippen LogP contribution in [0.25, 0.3) is 5.57 Å². The maximum atomic E-state index is 13.2. The van der Waals surface area contributed by atoms with Gasteiger partial charge in [-0.1, -0.05) is 84.4 Å². The highest BCUT2D eigenvalue weighted by Crippen LogP contribution is 2.40. The van der Waals surface area contributed by atoms with Crippen LogP contribution in [0.5, 0.6) is 0 Å². The van der Waals surface area contributed by atoms with Gasteiger partial charge in [-0.2, -0.15) is 0 Å². The second-order valence-electron chi connectivity index (χ2n) is 6.53. The van der Waals surface area contributed by atoms with E-state index in [2.05, 4.69) is 0 Å². The van der Waals surface area contributed by atoms with Gasteiger partial charge < -0.3 is 5.11 Å². The van der Waals surface area contributed by atoms with Gasteiger partial charge in [0.15, 0.2) is 5.72 Å². The first-order valence-electron chi connectivity index (χ1n) is 8.70. The highest BCUT2D eigenvalue weighted by molar-refractivity contribution is 6.30. The molecule has 0 fully saturated rings. The van der Waals surface area contributed by atoms with E-state index in [0.29, 0.717) is 22.7 Å². The molecule has 27 heavy (non-hydrogen) atoms. The van der Waals surface area contributed by atoms with Crippen LogP contribution in [0.3, 0.4) is 0 Å². The van der Waals surface area contributed by atoms with Gasteiger partial charge in [0, 0.05) is 22.7 Å². The fraction of sp³-hybridized carbons (Fsp3) is 0.0870. The molecule has 3 aromatic carbocycles. The first-order valence-corrected chi connectivity index (χ1v) is 9.08. The lowest BCUT2D eigenvalue weighted by molar-refractivity contribution is -0.143. The number of halogens is 1. The van der Waals surface area contributed by atoms with Gasteiger partial charge in [0.1, 0.15) is 0 Å². The average Bonchev–Trinajstić information content (AvgIpc) is 2.96. The SMILES string of the molecule is O=C1C(c2ccc(Cl)cc2)=CC(O)(c2ccccc2)N1Cc1ccccc1. The molecule has 0 bridgehead atoms. The molecule has 0 saturated carbocycles. The number of hydrogen-bond acceptors (Lipinski definition) is 2. The molecule has 3 nitrogen and oxygen atoms in total. The average molecular weight is 376 g/mol. The molecule has 0 aromatic heterocycles. The van der Waals surface area contributed by atoms with E-state index in [0.717, 1.165) is 11.1 Å². The summed E-state index contributed by atoms with van der Waals surface area (Å²) in [6.07, 6.45) is 1.64. The van der Waals surface area contributed by atoms with E-state index in [4.69, 9.17) is 11.6 Å². The number of carbonyl (C=O) groups is 1. The molecule has 0 radical (unpaired) electrons. The molecule has 134 valence electrons. The van der Waals surface area contributed by atoms with Gasteiger partial charge in [-0.15, -0.1) is 0 Å². The Kier molecular flexibility index (Phi) is 4.56. The molecule has 4 rings (SSSR count). The zero-order valence-corrected chi connectivity index (χ0v) is 15.3. The molecule has 1 N–H and O–H groups in total. The maximum Gasteiger partial charge on any atom is 0.257 e. The molecule has 0 spiro atoms. The predicted octanol–water partition coefficient (Wildman–Crippen LogP) is 4.61. The van der Waals surface area contributed by atoms with Crippen LogP contribution < -0.4 is 0 Å². The second-order valence-corrected chi connectivity index (χ2v) is 6.97. The van der Waals surface area contributed by atoms with Crippen molar-refractivity contribution in [3.63, 3.8) is 0 Å². The van der Waals surface area contributed by atoms with E-state index in [9.17, 15) is 9.90 Å². The Hall–Kier alpha value is -2.88. The summed E-state index contributed by atoms with van der Waals surface area (Å²) < 4.78 is 0. The highest BCUT2D eigenvalue weighted by atomic mass is 35.5. The smallest absolute Gasteiger partial charge is 0.257 e. The molecule has 0 saturated heterocycles. The molecule has 1 atom stereocenters. The van der Waals surface area contributed by atoms with E-state index in [1.54, 1.807) is 30.3 Å². The third-order valence-corrected chi connectivity index (χ3v) is 5.02. The molecular formula is C23H18ClNO2. The highest BCUT2D eigenvalue weighted by Gasteiger charge is 2.45. The first kappa shape index (κ1) is 17.5. The monoisotopic (exact) mass is 375 g/mol. The van der Waals surface area contributed by atoms with Crippen molar-refractivity contribution in [1.29, 1.82) is 0 Å². The molecule has 4 heteroatoms. The number of benzene rings is 3.